The molecule has 0 aliphatic carbocycles. The first-order chi connectivity index (χ1) is 12.6. The van der Waals surface area contributed by atoms with Crippen molar-refractivity contribution in [1.29, 1.82) is 0 Å². The highest BCUT2D eigenvalue weighted by Gasteiger charge is 2.15. The minimum Gasteiger partial charge on any atom is -0.477 e. The van der Waals surface area contributed by atoms with Gasteiger partial charge in [0.2, 0.25) is 0 Å². The molecule has 0 unspecified atom stereocenters. The van der Waals surface area contributed by atoms with Crippen molar-refractivity contribution in [3.05, 3.63) is 82.5 Å². The highest BCUT2D eigenvalue weighted by Crippen LogP contribution is 2.25. The van der Waals surface area contributed by atoms with E-state index < -0.39 is 10.8 Å². The number of rotatable bonds is 7. The van der Waals surface area contributed by atoms with Gasteiger partial charge in [-0.25, -0.2) is 4.68 Å². The first-order valence-electron chi connectivity index (χ1n) is 7.85. The lowest BCUT2D eigenvalue weighted by molar-refractivity contribution is -0.385. The van der Waals surface area contributed by atoms with Gasteiger partial charge in [0, 0.05) is 12.1 Å². The Bertz CT molecular complexity index is 908. The van der Waals surface area contributed by atoms with Gasteiger partial charge >= 0.3 is 5.69 Å². The molecule has 1 amide bonds. The molecule has 1 aromatic heterocycles. The zero-order valence-corrected chi connectivity index (χ0v) is 13.7. The van der Waals surface area contributed by atoms with Crippen LogP contribution in [0.3, 0.4) is 0 Å². The Labute approximate surface area is 149 Å². The molecule has 0 radical (unpaired) electrons. The lowest BCUT2D eigenvalue weighted by atomic mass is 10.2. The van der Waals surface area contributed by atoms with Crippen LogP contribution in [0.4, 0.5) is 11.5 Å². The molecule has 0 spiro atoms. The van der Waals surface area contributed by atoms with Gasteiger partial charge in [-0.15, -0.1) is 0 Å². The molecule has 8 heteroatoms. The number of hydrogen-bond acceptors (Lipinski definition) is 5. The van der Waals surface area contributed by atoms with E-state index in [-0.39, 0.29) is 18.0 Å². The Kier molecular flexibility index (Phi) is 5.23. The third-order valence-corrected chi connectivity index (χ3v) is 3.58. The van der Waals surface area contributed by atoms with Crippen molar-refractivity contribution in [2.24, 2.45) is 0 Å². The molecule has 3 rings (SSSR count). The monoisotopic (exact) mass is 352 g/mol. The van der Waals surface area contributed by atoms with Crippen molar-refractivity contribution in [2.75, 3.05) is 11.9 Å². The third kappa shape index (κ3) is 4.23. The summed E-state index contributed by atoms with van der Waals surface area (Å²) in [5.41, 5.74) is 0.859. The average molecular weight is 352 g/mol. The van der Waals surface area contributed by atoms with Crippen molar-refractivity contribution < 1.29 is 14.5 Å². The minimum absolute atomic E-state index is 0.0467. The summed E-state index contributed by atoms with van der Waals surface area (Å²) in [6.07, 6.45) is 1.58. The van der Waals surface area contributed by atoms with Crippen LogP contribution in [-0.2, 0) is 11.3 Å². The fraction of sp³-hybridized carbons (Fsp3) is 0.111. The fourth-order valence-electron chi connectivity index (χ4n) is 2.37. The van der Waals surface area contributed by atoms with E-state index in [9.17, 15) is 14.9 Å². The van der Waals surface area contributed by atoms with Crippen molar-refractivity contribution in [1.82, 2.24) is 9.78 Å². The van der Waals surface area contributed by atoms with E-state index in [1.807, 2.05) is 30.3 Å². The van der Waals surface area contributed by atoms with Gasteiger partial charge in [0.15, 0.2) is 12.4 Å². The van der Waals surface area contributed by atoms with Gasteiger partial charge in [-0.3, -0.25) is 14.9 Å². The quantitative estimate of drug-likeness (QED) is 0.521. The number of amides is 1. The predicted octanol–water partition coefficient (Wildman–Crippen LogP) is 2.86. The molecule has 0 aliphatic rings. The third-order valence-electron chi connectivity index (χ3n) is 3.58. The van der Waals surface area contributed by atoms with Crippen LogP contribution in [0.5, 0.6) is 5.75 Å². The van der Waals surface area contributed by atoms with E-state index in [4.69, 9.17) is 4.74 Å². The second-order valence-electron chi connectivity index (χ2n) is 5.42. The molecule has 0 aliphatic heterocycles. The number of carbonyl (C=O) groups is 1. The Morgan fingerprint density at radius 2 is 1.85 bits per heavy atom. The highest BCUT2D eigenvalue weighted by atomic mass is 16.6. The van der Waals surface area contributed by atoms with Gasteiger partial charge in [0.1, 0.15) is 5.82 Å². The Balaban J connectivity index is 1.61. The van der Waals surface area contributed by atoms with E-state index in [1.165, 1.54) is 18.2 Å². The SMILES string of the molecule is O=C(COc1ccccc1[N+](=O)[O-])Nc1ccnn1Cc1ccccc1. The van der Waals surface area contributed by atoms with E-state index in [0.29, 0.717) is 12.4 Å². The summed E-state index contributed by atoms with van der Waals surface area (Å²) < 4.78 is 6.93. The molecule has 0 fully saturated rings. The van der Waals surface area contributed by atoms with Crippen LogP contribution in [0.25, 0.3) is 0 Å². The molecule has 0 bridgehead atoms. The normalized spacial score (nSPS) is 10.3. The van der Waals surface area contributed by atoms with Crippen molar-refractivity contribution in [3.63, 3.8) is 0 Å². The lowest BCUT2D eigenvalue weighted by Crippen LogP contribution is -2.22. The zero-order valence-electron chi connectivity index (χ0n) is 13.7. The topological polar surface area (TPSA) is 99.3 Å². The van der Waals surface area contributed by atoms with Crippen LogP contribution in [0, 0.1) is 10.1 Å². The second-order valence-corrected chi connectivity index (χ2v) is 5.42. The van der Waals surface area contributed by atoms with E-state index >= 15 is 0 Å². The summed E-state index contributed by atoms with van der Waals surface area (Å²) >= 11 is 0. The van der Waals surface area contributed by atoms with Crippen LogP contribution in [0.1, 0.15) is 5.56 Å². The van der Waals surface area contributed by atoms with Gasteiger partial charge in [-0.05, 0) is 11.6 Å². The zero-order chi connectivity index (χ0) is 18.4. The summed E-state index contributed by atoms with van der Waals surface area (Å²) in [5.74, 6) is 0.133. The largest absolute Gasteiger partial charge is 0.477 e. The van der Waals surface area contributed by atoms with Crippen molar-refractivity contribution in [2.45, 2.75) is 6.54 Å². The standard InChI is InChI=1S/C18H16N4O4/c23-18(13-26-16-9-5-4-8-15(16)22(24)25)20-17-10-11-19-21(17)12-14-6-2-1-3-7-14/h1-11H,12-13H2,(H,20,23). The molecular formula is C18H16N4O4. The maximum atomic E-state index is 12.1. The van der Waals surface area contributed by atoms with Crippen LogP contribution >= 0.6 is 0 Å². The van der Waals surface area contributed by atoms with E-state index in [2.05, 4.69) is 10.4 Å². The smallest absolute Gasteiger partial charge is 0.310 e. The molecule has 26 heavy (non-hydrogen) atoms. The first kappa shape index (κ1) is 17.2. The summed E-state index contributed by atoms with van der Waals surface area (Å²) in [6.45, 7) is 0.163. The predicted molar refractivity (Wildman–Crippen MR) is 95.0 cm³/mol. The van der Waals surface area contributed by atoms with Crippen LogP contribution < -0.4 is 10.1 Å². The Morgan fingerprint density at radius 3 is 2.62 bits per heavy atom. The molecule has 3 aromatic rings. The number of para-hydroxylation sites is 2. The second kappa shape index (κ2) is 7.93. The number of aromatic nitrogens is 2. The fourth-order valence-corrected chi connectivity index (χ4v) is 2.37. The van der Waals surface area contributed by atoms with Crippen LogP contribution in [0.15, 0.2) is 66.9 Å². The Morgan fingerprint density at radius 1 is 1.12 bits per heavy atom. The Hall–Kier alpha value is -3.68. The van der Waals surface area contributed by atoms with Crippen LogP contribution in [-0.4, -0.2) is 27.2 Å². The molecule has 0 atom stereocenters. The molecule has 1 heterocycles. The van der Waals surface area contributed by atoms with E-state index in [1.54, 1.807) is 23.0 Å². The number of benzene rings is 2. The number of anilines is 1. The highest BCUT2D eigenvalue weighted by molar-refractivity contribution is 5.91. The molecule has 8 nitrogen and oxygen atoms in total. The molecule has 0 saturated carbocycles. The number of nitrogens with zero attached hydrogens (tertiary/aromatic N) is 3. The number of nitrogens with one attached hydrogen (secondary N) is 1. The van der Waals surface area contributed by atoms with Gasteiger partial charge in [0.25, 0.3) is 5.91 Å². The summed E-state index contributed by atoms with van der Waals surface area (Å²) in [6, 6.07) is 17.3. The van der Waals surface area contributed by atoms with E-state index in [0.717, 1.165) is 5.56 Å². The summed E-state index contributed by atoms with van der Waals surface area (Å²) in [4.78, 5) is 22.5. The number of hydrogen-bond donors (Lipinski definition) is 1. The van der Waals surface area contributed by atoms with Gasteiger partial charge in [0.05, 0.1) is 17.7 Å². The maximum absolute atomic E-state index is 12.1. The lowest BCUT2D eigenvalue weighted by Gasteiger charge is -2.10. The molecule has 132 valence electrons. The number of carbonyl (C=O) groups excluding carboxylic acids is 1. The number of nitro benzene ring substituents is 1. The minimum atomic E-state index is -0.553. The van der Waals surface area contributed by atoms with Gasteiger partial charge in [-0.2, -0.15) is 5.10 Å². The van der Waals surface area contributed by atoms with Crippen LogP contribution in [0.2, 0.25) is 0 Å². The molecule has 2 aromatic carbocycles. The van der Waals surface area contributed by atoms with Gasteiger partial charge in [-0.1, -0.05) is 42.5 Å². The molecule has 1 N–H and O–H groups in total. The van der Waals surface area contributed by atoms with Crippen molar-refractivity contribution in [3.8, 4) is 5.75 Å². The average Bonchev–Trinajstić information content (AvgIpc) is 3.07. The summed E-state index contributed by atoms with van der Waals surface area (Å²) in [5, 5.41) is 17.8. The molecular weight excluding hydrogens is 336 g/mol. The first-order valence-corrected chi connectivity index (χ1v) is 7.85. The number of nitro groups is 1. The summed E-state index contributed by atoms with van der Waals surface area (Å²) in [7, 11) is 0. The molecule has 0 saturated heterocycles. The maximum Gasteiger partial charge on any atom is 0.310 e. The number of ether oxygens (including phenoxy) is 1. The van der Waals surface area contributed by atoms with Crippen molar-refractivity contribution >= 4 is 17.4 Å². The van der Waals surface area contributed by atoms with Gasteiger partial charge < -0.3 is 10.1 Å².